The summed E-state index contributed by atoms with van der Waals surface area (Å²) in [4.78, 5) is 2.23. The Labute approximate surface area is 195 Å². The lowest BCUT2D eigenvalue weighted by molar-refractivity contribution is 1.24. The van der Waals surface area contributed by atoms with Crippen molar-refractivity contribution in [3.63, 3.8) is 0 Å². The number of benzene rings is 4. The molecule has 33 heavy (non-hydrogen) atoms. The molecule has 0 saturated carbocycles. The third-order valence-corrected chi connectivity index (χ3v) is 6.07. The standard InChI is InChI=1S/C30H25N3/c1-20-15-24(18-31)23(4)30(28(20)19-32)29-21(2)16-27(17-22(29)3)33(25-11-7-5-8-12-25)26-13-9-6-10-14-26/h5-17H,1-4H3. The smallest absolute Gasteiger partial charge is 0.100 e. The predicted octanol–water partition coefficient (Wildman–Crippen LogP) is 7.80. The molecule has 3 nitrogen and oxygen atoms in total. The Kier molecular flexibility index (Phi) is 5.99. The van der Waals surface area contributed by atoms with E-state index in [0.29, 0.717) is 11.1 Å². The number of hydrogen-bond donors (Lipinski definition) is 0. The van der Waals surface area contributed by atoms with Crippen LogP contribution in [0.15, 0.2) is 78.9 Å². The Bertz CT molecular complexity index is 1340. The third-order valence-electron chi connectivity index (χ3n) is 6.07. The minimum atomic E-state index is 0.611. The van der Waals surface area contributed by atoms with Gasteiger partial charge in [-0.25, -0.2) is 0 Å². The molecule has 0 aliphatic heterocycles. The molecule has 0 heterocycles. The summed E-state index contributed by atoms with van der Waals surface area (Å²) in [7, 11) is 0. The van der Waals surface area contributed by atoms with Gasteiger partial charge in [-0.2, -0.15) is 10.5 Å². The second-order valence-electron chi connectivity index (χ2n) is 8.30. The van der Waals surface area contributed by atoms with Crippen molar-refractivity contribution in [3.8, 4) is 23.3 Å². The Morgan fingerprint density at radius 3 is 1.55 bits per heavy atom. The minimum absolute atomic E-state index is 0.611. The van der Waals surface area contributed by atoms with Crippen LogP contribution < -0.4 is 4.90 Å². The van der Waals surface area contributed by atoms with E-state index in [-0.39, 0.29) is 0 Å². The second kappa shape index (κ2) is 9.03. The molecule has 4 aromatic rings. The van der Waals surface area contributed by atoms with Gasteiger partial charge in [0, 0.05) is 22.6 Å². The van der Waals surface area contributed by atoms with Crippen molar-refractivity contribution in [3.05, 3.63) is 112 Å². The third kappa shape index (κ3) is 3.98. The van der Waals surface area contributed by atoms with E-state index in [9.17, 15) is 10.5 Å². The van der Waals surface area contributed by atoms with Crippen molar-refractivity contribution in [2.75, 3.05) is 4.90 Å². The van der Waals surface area contributed by atoms with Crippen molar-refractivity contribution < 1.29 is 0 Å². The molecule has 0 N–H and O–H groups in total. The summed E-state index contributed by atoms with van der Waals surface area (Å²) >= 11 is 0. The van der Waals surface area contributed by atoms with Gasteiger partial charge in [-0.3, -0.25) is 0 Å². The molecule has 0 saturated heterocycles. The summed E-state index contributed by atoms with van der Waals surface area (Å²) in [6.07, 6.45) is 0. The molecule has 0 aliphatic rings. The van der Waals surface area contributed by atoms with E-state index in [2.05, 4.69) is 67.3 Å². The molecule has 0 bridgehead atoms. The topological polar surface area (TPSA) is 50.8 Å². The summed E-state index contributed by atoms with van der Waals surface area (Å²) in [5.74, 6) is 0. The van der Waals surface area contributed by atoms with Gasteiger partial charge in [0.2, 0.25) is 0 Å². The number of para-hydroxylation sites is 2. The van der Waals surface area contributed by atoms with Crippen LogP contribution in [0.3, 0.4) is 0 Å². The van der Waals surface area contributed by atoms with Gasteiger partial charge in [0.05, 0.1) is 17.2 Å². The molecule has 0 spiro atoms. The lowest BCUT2D eigenvalue weighted by atomic mass is 9.85. The minimum Gasteiger partial charge on any atom is -0.310 e. The van der Waals surface area contributed by atoms with Gasteiger partial charge in [0.1, 0.15) is 6.07 Å². The summed E-state index contributed by atoms with van der Waals surface area (Å²) < 4.78 is 0. The second-order valence-corrected chi connectivity index (χ2v) is 8.30. The maximum atomic E-state index is 9.93. The van der Waals surface area contributed by atoms with Crippen LogP contribution >= 0.6 is 0 Å². The predicted molar refractivity (Wildman–Crippen MR) is 135 cm³/mol. The van der Waals surface area contributed by atoms with Crippen molar-refractivity contribution >= 4 is 17.1 Å². The highest BCUT2D eigenvalue weighted by Crippen LogP contribution is 2.41. The van der Waals surface area contributed by atoms with Gasteiger partial charge in [0.25, 0.3) is 0 Å². The number of aryl methyl sites for hydroxylation is 3. The first-order valence-electron chi connectivity index (χ1n) is 10.9. The number of nitrogens with zero attached hydrogens (tertiary/aromatic N) is 3. The molecule has 160 valence electrons. The van der Waals surface area contributed by atoms with Gasteiger partial charge >= 0.3 is 0 Å². The zero-order valence-electron chi connectivity index (χ0n) is 19.3. The zero-order valence-corrected chi connectivity index (χ0v) is 19.3. The molecule has 0 aromatic heterocycles. The van der Waals surface area contributed by atoms with E-state index >= 15 is 0 Å². The Hall–Kier alpha value is -4.34. The fourth-order valence-electron chi connectivity index (χ4n) is 4.55. The fourth-order valence-corrected chi connectivity index (χ4v) is 4.55. The Morgan fingerprint density at radius 2 is 1.09 bits per heavy atom. The quantitative estimate of drug-likeness (QED) is 0.334. The van der Waals surface area contributed by atoms with E-state index in [1.165, 1.54) is 0 Å². The van der Waals surface area contributed by atoms with Crippen LogP contribution in [0, 0.1) is 50.4 Å². The van der Waals surface area contributed by atoms with Crippen LogP contribution in [0.25, 0.3) is 11.1 Å². The fraction of sp³-hybridized carbons (Fsp3) is 0.133. The number of rotatable bonds is 4. The van der Waals surface area contributed by atoms with Crippen LogP contribution in [0.4, 0.5) is 17.1 Å². The molecule has 0 unspecified atom stereocenters. The van der Waals surface area contributed by atoms with E-state index in [1.54, 1.807) is 0 Å². The van der Waals surface area contributed by atoms with Gasteiger partial charge < -0.3 is 4.90 Å². The normalized spacial score (nSPS) is 10.4. The summed E-state index contributed by atoms with van der Waals surface area (Å²) in [6, 6.07) is 31.4. The maximum Gasteiger partial charge on any atom is 0.100 e. The molecule has 0 aliphatic carbocycles. The first kappa shape index (κ1) is 21.9. The van der Waals surface area contributed by atoms with Crippen LogP contribution in [0.1, 0.15) is 33.4 Å². The summed E-state index contributed by atoms with van der Waals surface area (Å²) in [5.41, 5.74) is 10.1. The van der Waals surface area contributed by atoms with Crippen molar-refractivity contribution in [1.82, 2.24) is 0 Å². The molecule has 0 fully saturated rings. The van der Waals surface area contributed by atoms with Gasteiger partial charge in [-0.1, -0.05) is 36.4 Å². The number of anilines is 3. The van der Waals surface area contributed by atoms with Crippen molar-refractivity contribution in [2.24, 2.45) is 0 Å². The van der Waals surface area contributed by atoms with Crippen LogP contribution in [-0.4, -0.2) is 0 Å². The lowest BCUT2D eigenvalue weighted by Gasteiger charge is -2.27. The van der Waals surface area contributed by atoms with E-state index < -0.39 is 0 Å². The van der Waals surface area contributed by atoms with Crippen molar-refractivity contribution in [1.29, 1.82) is 10.5 Å². The van der Waals surface area contributed by atoms with Gasteiger partial charge in [-0.15, -0.1) is 0 Å². The highest BCUT2D eigenvalue weighted by Gasteiger charge is 2.21. The molecule has 4 aromatic carbocycles. The maximum absolute atomic E-state index is 9.93. The Balaban J connectivity index is 1.96. The van der Waals surface area contributed by atoms with Crippen LogP contribution in [0.2, 0.25) is 0 Å². The largest absolute Gasteiger partial charge is 0.310 e. The van der Waals surface area contributed by atoms with E-state index in [4.69, 9.17) is 0 Å². The van der Waals surface area contributed by atoms with Crippen molar-refractivity contribution in [2.45, 2.75) is 27.7 Å². The van der Waals surface area contributed by atoms with E-state index in [0.717, 1.165) is 50.4 Å². The monoisotopic (exact) mass is 427 g/mol. The molecule has 3 heteroatoms. The summed E-state index contributed by atoms with van der Waals surface area (Å²) in [5, 5.41) is 19.6. The first-order chi connectivity index (χ1) is 16.0. The first-order valence-corrected chi connectivity index (χ1v) is 10.9. The average Bonchev–Trinajstić information content (AvgIpc) is 2.82. The number of nitriles is 2. The lowest BCUT2D eigenvalue weighted by Crippen LogP contribution is -2.11. The average molecular weight is 428 g/mol. The van der Waals surface area contributed by atoms with Gasteiger partial charge in [0.15, 0.2) is 0 Å². The Morgan fingerprint density at radius 1 is 0.576 bits per heavy atom. The summed E-state index contributed by atoms with van der Waals surface area (Å²) in [6.45, 7) is 7.99. The highest BCUT2D eigenvalue weighted by molar-refractivity contribution is 5.85. The molecule has 4 rings (SSSR count). The van der Waals surface area contributed by atoms with Crippen LogP contribution in [-0.2, 0) is 0 Å². The highest BCUT2D eigenvalue weighted by atomic mass is 15.1. The molecule has 0 radical (unpaired) electrons. The molecule has 0 atom stereocenters. The SMILES string of the molecule is Cc1cc(C#N)c(C)c(-c2c(C)cc(N(c3ccccc3)c3ccccc3)cc2C)c1C#N. The molecular formula is C30H25N3. The number of hydrogen-bond acceptors (Lipinski definition) is 3. The molecular weight excluding hydrogens is 402 g/mol. The molecule has 0 amide bonds. The van der Waals surface area contributed by atoms with E-state index in [1.807, 2.05) is 56.3 Å². The zero-order chi connectivity index (χ0) is 23.5. The van der Waals surface area contributed by atoms with Crippen LogP contribution in [0.5, 0.6) is 0 Å². The van der Waals surface area contributed by atoms with Gasteiger partial charge in [-0.05, 0) is 98.0 Å².